The van der Waals surface area contributed by atoms with Gasteiger partial charge in [0.05, 0.1) is 17.6 Å². The fourth-order valence-electron chi connectivity index (χ4n) is 4.38. The number of oxazole rings is 1. The summed E-state index contributed by atoms with van der Waals surface area (Å²) >= 11 is 1.28. The maximum Gasteiger partial charge on any atom is 0.418 e. The summed E-state index contributed by atoms with van der Waals surface area (Å²) in [7, 11) is 1.01. The molecule has 3 fully saturated rings. The SMILES string of the molecule is COC(c1cc(-c2nccs2)c2oc(N3CC4CC(C3)N4C(=O)O)nc2c1)C(F)(F)F. The van der Waals surface area contributed by atoms with Crippen molar-refractivity contribution in [3.8, 4) is 10.6 Å². The van der Waals surface area contributed by atoms with Crippen LogP contribution >= 0.6 is 11.3 Å². The van der Waals surface area contributed by atoms with Gasteiger partial charge in [-0.05, 0) is 24.1 Å². The maximum absolute atomic E-state index is 13.5. The van der Waals surface area contributed by atoms with Crippen molar-refractivity contribution < 1.29 is 32.2 Å². The number of anilines is 1. The number of piperazine rings is 1. The van der Waals surface area contributed by atoms with Crippen LogP contribution in [-0.4, -0.2) is 64.5 Å². The highest BCUT2D eigenvalue weighted by Crippen LogP contribution is 2.42. The van der Waals surface area contributed by atoms with E-state index >= 15 is 0 Å². The van der Waals surface area contributed by atoms with Gasteiger partial charge in [0.1, 0.15) is 10.5 Å². The Morgan fingerprint density at radius 3 is 2.68 bits per heavy atom. The third-order valence-electron chi connectivity index (χ3n) is 5.68. The first kappa shape index (κ1) is 20.1. The molecule has 2 bridgehead atoms. The molecule has 3 atom stereocenters. The lowest BCUT2D eigenvalue weighted by Gasteiger charge is -2.54. The second-order valence-corrected chi connectivity index (χ2v) is 8.44. The molecule has 0 radical (unpaired) electrons. The number of aromatic nitrogens is 2. The van der Waals surface area contributed by atoms with E-state index in [1.807, 2.05) is 4.90 Å². The van der Waals surface area contributed by atoms with Crippen LogP contribution in [0.15, 0.2) is 28.1 Å². The first-order valence-corrected chi connectivity index (χ1v) is 10.3. The Morgan fingerprint density at radius 2 is 2.10 bits per heavy atom. The number of carboxylic acid groups (broad SMARTS) is 1. The van der Waals surface area contributed by atoms with Crippen LogP contribution in [0, 0.1) is 0 Å². The van der Waals surface area contributed by atoms with E-state index in [0.717, 1.165) is 13.5 Å². The molecule has 3 unspecified atom stereocenters. The number of hydrogen-bond acceptors (Lipinski definition) is 7. The Balaban J connectivity index is 1.56. The predicted octanol–water partition coefficient (Wildman–Crippen LogP) is 4.14. The number of thiazole rings is 1. The number of benzene rings is 1. The summed E-state index contributed by atoms with van der Waals surface area (Å²) in [4.78, 5) is 23.2. The molecule has 2 aromatic heterocycles. The van der Waals surface area contributed by atoms with Gasteiger partial charge in [0.2, 0.25) is 0 Å². The van der Waals surface area contributed by atoms with E-state index < -0.39 is 18.4 Å². The van der Waals surface area contributed by atoms with Crippen LogP contribution in [0.1, 0.15) is 18.1 Å². The fourth-order valence-corrected chi connectivity index (χ4v) is 5.03. The number of methoxy groups -OCH3 is 1. The van der Waals surface area contributed by atoms with Crippen molar-refractivity contribution in [1.29, 1.82) is 0 Å². The number of ether oxygens (including phenoxy) is 1. The molecule has 3 aliphatic heterocycles. The number of fused-ring (bicyclic) bond motifs is 3. The number of amides is 1. The first-order chi connectivity index (χ1) is 14.8. The zero-order valence-electron chi connectivity index (χ0n) is 16.2. The van der Waals surface area contributed by atoms with Crippen molar-refractivity contribution in [3.63, 3.8) is 0 Å². The minimum atomic E-state index is -4.59. The lowest BCUT2D eigenvalue weighted by Crippen LogP contribution is -2.70. The second-order valence-electron chi connectivity index (χ2n) is 7.55. The van der Waals surface area contributed by atoms with Gasteiger partial charge in [0, 0.05) is 31.8 Å². The summed E-state index contributed by atoms with van der Waals surface area (Å²) in [5.74, 6) is 0. The molecule has 3 aromatic rings. The molecule has 5 heterocycles. The number of nitrogens with zero attached hydrogens (tertiary/aromatic N) is 4. The molecule has 3 saturated heterocycles. The first-order valence-electron chi connectivity index (χ1n) is 9.46. The van der Waals surface area contributed by atoms with E-state index in [1.165, 1.54) is 28.4 Å². The van der Waals surface area contributed by atoms with E-state index in [9.17, 15) is 23.1 Å². The number of carbonyl (C=O) groups is 1. The van der Waals surface area contributed by atoms with Crippen molar-refractivity contribution in [2.45, 2.75) is 30.8 Å². The van der Waals surface area contributed by atoms with Gasteiger partial charge < -0.3 is 19.2 Å². The summed E-state index contributed by atoms with van der Waals surface area (Å²) in [5, 5.41) is 11.5. The molecule has 12 heteroatoms. The average Bonchev–Trinajstić information content (AvgIpc) is 3.36. The van der Waals surface area contributed by atoms with Crippen LogP contribution in [0.5, 0.6) is 0 Å². The summed E-state index contributed by atoms with van der Waals surface area (Å²) < 4.78 is 51.2. The third kappa shape index (κ3) is 3.30. The average molecular weight is 454 g/mol. The Hall–Kier alpha value is -2.86. The fraction of sp³-hybridized carbons (Fsp3) is 0.421. The quantitative estimate of drug-likeness (QED) is 0.633. The highest BCUT2D eigenvalue weighted by Gasteiger charge is 2.48. The minimum absolute atomic E-state index is 0.0916. The van der Waals surface area contributed by atoms with Crippen LogP contribution in [0.25, 0.3) is 21.7 Å². The molecular weight excluding hydrogens is 437 g/mol. The van der Waals surface area contributed by atoms with Gasteiger partial charge in [-0.3, -0.25) is 4.90 Å². The van der Waals surface area contributed by atoms with Crippen molar-refractivity contribution in [1.82, 2.24) is 14.9 Å². The molecule has 3 aliphatic rings. The topological polar surface area (TPSA) is 91.9 Å². The molecule has 0 spiro atoms. The van der Waals surface area contributed by atoms with Gasteiger partial charge in [0.25, 0.3) is 6.01 Å². The zero-order valence-corrected chi connectivity index (χ0v) is 17.0. The Kier molecular flexibility index (Phi) is 4.59. The smallest absolute Gasteiger partial charge is 0.418 e. The highest BCUT2D eigenvalue weighted by molar-refractivity contribution is 7.13. The summed E-state index contributed by atoms with van der Waals surface area (Å²) in [6.07, 6.45) is -5.32. The number of rotatable bonds is 4. The maximum atomic E-state index is 13.5. The number of hydrogen-bond donors (Lipinski definition) is 1. The molecule has 164 valence electrons. The molecule has 0 aliphatic carbocycles. The molecule has 1 N–H and O–H groups in total. The molecule has 31 heavy (non-hydrogen) atoms. The minimum Gasteiger partial charge on any atom is -0.465 e. The molecule has 8 nitrogen and oxygen atoms in total. The third-order valence-corrected chi connectivity index (χ3v) is 6.49. The molecule has 1 amide bonds. The molecular formula is C19H17F3N4O4S. The Labute approximate surface area is 177 Å². The van der Waals surface area contributed by atoms with E-state index in [0.29, 0.717) is 29.2 Å². The Morgan fingerprint density at radius 1 is 1.35 bits per heavy atom. The lowest BCUT2D eigenvalue weighted by atomic mass is 9.88. The summed E-state index contributed by atoms with van der Waals surface area (Å²) in [6, 6.07) is 2.64. The van der Waals surface area contributed by atoms with Gasteiger partial charge in [-0.2, -0.15) is 18.2 Å². The number of piperidine rings is 1. The standard InChI is InChI=1S/C19H17F3N4O4S/c1-29-15(19(20,21)22)9-4-12(16-23-2-3-31-16)14-13(5-9)24-17(30-14)25-7-10-6-11(8-25)26(10)18(27)28/h2-5,10-11,15H,6-8H2,1H3,(H,27,28). The van der Waals surface area contributed by atoms with Crippen LogP contribution in [-0.2, 0) is 4.74 Å². The molecule has 0 saturated carbocycles. The van der Waals surface area contributed by atoms with Crippen LogP contribution in [0.4, 0.5) is 24.0 Å². The van der Waals surface area contributed by atoms with Gasteiger partial charge in [0.15, 0.2) is 11.7 Å². The zero-order chi connectivity index (χ0) is 21.9. The van der Waals surface area contributed by atoms with Gasteiger partial charge in [-0.1, -0.05) is 0 Å². The van der Waals surface area contributed by atoms with Crippen molar-refractivity contribution in [2.24, 2.45) is 0 Å². The predicted molar refractivity (Wildman–Crippen MR) is 105 cm³/mol. The number of alkyl halides is 3. The van der Waals surface area contributed by atoms with E-state index in [4.69, 9.17) is 9.15 Å². The van der Waals surface area contributed by atoms with E-state index in [2.05, 4.69) is 9.97 Å². The van der Waals surface area contributed by atoms with E-state index in [1.54, 1.807) is 11.6 Å². The van der Waals surface area contributed by atoms with Gasteiger partial charge >= 0.3 is 12.3 Å². The second kappa shape index (κ2) is 7.09. The lowest BCUT2D eigenvalue weighted by molar-refractivity contribution is -0.215. The van der Waals surface area contributed by atoms with Crippen LogP contribution in [0.2, 0.25) is 0 Å². The van der Waals surface area contributed by atoms with Crippen molar-refractivity contribution >= 4 is 34.5 Å². The molecule has 6 rings (SSSR count). The normalized spacial score (nSPS) is 21.9. The number of halogens is 3. The van der Waals surface area contributed by atoms with Crippen molar-refractivity contribution in [2.75, 3.05) is 25.1 Å². The van der Waals surface area contributed by atoms with Crippen LogP contribution < -0.4 is 4.90 Å². The largest absolute Gasteiger partial charge is 0.465 e. The van der Waals surface area contributed by atoms with Crippen LogP contribution in [0.3, 0.4) is 0 Å². The van der Waals surface area contributed by atoms with Crippen molar-refractivity contribution in [3.05, 3.63) is 29.3 Å². The van der Waals surface area contributed by atoms with Gasteiger partial charge in [-0.15, -0.1) is 11.3 Å². The Bertz CT molecular complexity index is 1120. The summed E-state index contributed by atoms with van der Waals surface area (Å²) in [6.45, 7) is 0.830. The molecule has 1 aromatic carbocycles. The summed E-state index contributed by atoms with van der Waals surface area (Å²) in [5.41, 5.74) is 0.909. The monoisotopic (exact) mass is 454 g/mol. The van der Waals surface area contributed by atoms with Gasteiger partial charge in [-0.25, -0.2) is 9.78 Å². The van der Waals surface area contributed by atoms with E-state index in [-0.39, 0.29) is 29.2 Å². The highest BCUT2D eigenvalue weighted by atomic mass is 32.1.